The molecule has 0 saturated heterocycles. The van der Waals surface area contributed by atoms with Gasteiger partial charge in [-0.15, -0.1) is 0 Å². The van der Waals surface area contributed by atoms with Gasteiger partial charge in [-0.2, -0.15) is 0 Å². The van der Waals surface area contributed by atoms with Crippen LogP contribution in [-0.4, -0.2) is 58.4 Å². The molecule has 0 unspecified atom stereocenters. The minimum Gasteiger partial charge on any atom is -0.460 e. The molecule has 0 aliphatic rings. The number of esters is 1. The van der Waals surface area contributed by atoms with Gasteiger partial charge < -0.3 is 14.2 Å². The molecule has 0 atom stereocenters. The van der Waals surface area contributed by atoms with Crippen LogP contribution >= 0.6 is 0 Å². The standard InChI is InChI=1S/C12H24O6S/c1-12(2,3)18-11(13)5-6-16-7-8-17-9-10-19(4,14)15/h5-10H2,1-4H3. The maximum atomic E-state index is 11.3. The Balaban J connectivity index is 3.39. The van der Waals surface area contributed by atoms with Crippen molar-refractivity contribution in [2.24, 2.45) is 0 Å². The number of carbonyl (C=O) groups excluding carboxylic acids is 1. The Bertz CT molecular complexity index is 355. The normalized spacial score (nSPS) is 12.4. The van der Waals surface area contributed by atoms with Gasteiger partial charge >= 0.3 is 5.97 Å². The lowest BCUT2D eigenvalue weighted by Gasteiger charge is -2.19. The van der Waals surface area contributed by atoms with Crippen LogP contribution in [0.2, 0.25) is 0 Å². The van der Waals surface area contributed by atoms with E-state index in [1.807, 2.05) is 0 Å². The molecule has 19 heavy (non-hydrogen) atoms. The average Bonchev–Trinajstić information content (AvgIpc) is 2.17. The summed E-state index contributed by atoms with van der Waals surface area (Å²) in [5.74, 6) is -0.296. The zero-order valence-corrected chi connectivity index (χ0v) is 12.9. The third kappa shape index (κ3) is 15.3. The zero-order valence-electron chi connectivity index (χ0n) is 12.1. The highest BCUT2D eigenvalue weighted by Gasteiger charge is 2.15. The smallest absolute Gasteiger partial charge is 0.308 e. The zero-order chi connectivity index (χ0) is 14.9. The molecule has 6 nitrogen and oxygen atoms in total. The topological polar surface area (TPSA) is 78.9 Å². The van der Waals surface area contributed by atoms with E-state index in [1.165, 1.54) is 0 Å². The Morgan fingerprint density at radius 2 is 1.53 bits per heavy atom. The summed E-state index contributed by atoms with van der Waals surface area (Å²) in [6.07, 6.45) is 1.36. The third-order valence-electron chi connectivity index (χ3n) is 1.84. The highest BCUT2D eigenvalue weighted by atomic mass is 32.2. The first-order chi connectivity index (χ1) is 8.60. The van der Waals surface area contributed by atoms with Gasteiger partial charge in [0.2, 0.25) is 0 Å². The van der Waals surface area contributed by atoms with E-state index in [2.05, 4.69) is 0 Å². The molecule has 0 aromatic rings. The summed E-state index contributed by atoms with van der Waals surface area (Å²) in [7, 11) is -2.98. The van der Waals surface area contributed by atoms with Crippen molar-refractivity contribution in [2.75, 3.05) is 38.4 Å². The molecule has 0 fully saturated rings. The SMILES string of the molecule is CC(C)(C)OC(=O)CCOCCOCCS(C)(=O)=O. The number of hydrogen-bond acceptors (Lipinski definition) is 6. The highest BCUT2D eigenvalue weighted by molar-refractivity contribution is 7.90. The first-order valence-electron chi connectivity index (χ1n) is 6.15. The van der Waals surface area contributed by atoms with E-state index in [0.717, 1.165) is 6.26 Å². The Labute approximate surface area is 115 Å². The van der Waals surface area contributed by atoms with Gasteiger partial charge in [-0.1, -0.05) is 0 Å². The fraction of sp³-hybridized carbons (Fsp3) is 0.917. The van der Waals surface area contributed by atoms with Gasteiger partial charge in [-0.25, -0.2) is 8.42 Å². The van der Waals surface area contributed by atoms with Gasteiger partial charge in [-0.05, 0) is 20.8 Å². The van der Waals surface area contributed by atoms with E-state index in [0.29, 0.717) is 13.2 Å². The number of sulfone groups is 1. The molecule has 0 radical (unpaired) electrons. The molecular weight excluding hydrogens is 272 g/mol. The van der Waals surface area contributed by atoms with Crippen molar-refractivity contribution in [1.82, 2.24) is 0 Å². The van der Waals surface area contributed by atoms with E-state index >= 15 is 0 Å². The van der Waals surface area contributed by atoms with Gasteiger partial charge in [-0.3, -0.25) is 4.79 Å². The van der Waals surface area contributed by atoms with E-state index in [4.69, 9.17) is 14.2 Å². The van der Waals surface area contributed by atoms with Crippen molar-refractivity contribution in [3.63, 3.8) is 0 Å². The summed E-state index contributed by atoms with van der Waals surface area (Å²) in [6.45, 7) is 6.49. The Morgan fingerprint density at radius 1 is 1.00 bits per heavy atom. The molecule has 0 saturated carbocycles. The van der Waals surface area contributed by atoms with Crippen LogP contribution in [0.5, 0.6) is 0 Å². The molecule has 0 N–H and O–H groups in total. The van der Waals surface area contributed by atoms with E-state index in [1.54, 1.807) is 20.8 Å². The molecule has 0 aromatic heterocycles. The highest BCUT2D eigenvalue weighted by Crippen LogP contribution is 2.07. The minimum atomic E-state index is -2.98. The predicted molar refractivity (Wildman–Crippen MR) is 71.8 cm³/mol. The summed E-state index contributed by atoms with van der Waals surface area (Å²) < 4.78 is 36.9. The monoisotopic (exact) mass is 296 g/mol. The Hall–Kier alpha value is -0.660. The van der Waals surface area contributed by atoms with Crippen molar-refractivity contribution >= 4 is 15.8 Å². The number of carbonyl (C=O) groups is 1. The quantitative estimate of drug-likeness (QED) is 0.462. The molecule has 0 spiro atoms. The van der Waals surface area contributed by atoms with Crippen LogP contribution in [-0.2, 0) is 28.8 Å². The van der Waals surface area contributed by atoms with Gasteiger partial charge in [0.15, 0.2) is 0 Å². The first-order valence-corrected chi connectivity index (χ1v) is 8.21. The Morgan fingerprint density at radius 3 is 2.00 bits per heavy atom. The summed E-state index contributed by atoms with van der Waals surface area (Å²) >= 11 is 0. The van der Waals surface area contributed by atoms with Crippen LogP contribution in [0.25, 0.3) is 0 Å². The van der Waals surface area contributed by atoms with Crippen molar-refractivity contribution in [3.8, 4) is 0 Å². The van der Waals surface area contributed by atoms with Crippen LogP contribution in [0.15, 0.2) is 0 Å². The molecule has 0 rings (SSSR count). The van der Waals surface area contributed by atoms with Gasteiger partial charge in [0.25, 0.3) is 0 Å². The minimum absolute atomic E-state index is 0.00487. The lowest BCUT2D eigenvalue weighted by Crippen LogP contribution is -2.24. The lowest BCUT2D eigenvalue weighted by molar-refractivity contribution is -0.156. The average molecular weight is 296 g/mol. The van der Waals surface area contributed by atoms with E-state index in [-0.39, 0.29) is 31.4 Å². The third-order valence-corrected chi connectivity index (χ3v) is 2.75. The fourth-order valence-corrected chi connectivity index (χ4v) is 1.50. The van der Waals surface area contributed by atoms with Gasteiger partial charge in [0.05, 0.1) is 38.6 Å². The molecule has 0 aliphatic heterocycles. The van der Waals surface area contributed by atoms with Crippen LogP contribution in [0.1, 0.15) is 27.2 Å². The van der Waals surface area contributed by atoms with E-state index < -0.39 is 15.4 Å². The predicted octanol–water partition coefficient (Wildman–Crippen LogP) is 0.796. The van der Waals surface area contributed by atoms with Crippen LogP contribution in [0, 0.1) is 0 Å². The molecule has 0 heterocycles. The molecule has 0 bridgehead atoms. The van der Waals surface area contributed by atoms with Crippen molar-refractivity contribution in [2.45, 2.75) is 32.8 Å². The maximum absolute atomic E-state index is 11.3. The summed E-state index contributed by atoms with van der Waals surface area (Å²) in [6, 6.07) is 0. The second-order valence-electron chi connectivity index (χ2n) is 5.19. The number of ether oxygens (including phenoxy) is 3. The number of hydrogen-bond donors (Lipinski definition) is 0. The summed E-state index contributed by atoms with van der Waals surface area (Å²) in [4.78, 5) is 11.3. The van der Waals surface area contributed by atoms with Crippen LogP contribution in [0.4, 0.5) is 0 Å². The molecule has 0 aromatic carbocycles. The van der Waals surface area contributed by atoms with Crippen LogP contribution < -0.4 is 0 Å². The van der Waals surface area contributed by atoms with Gasteiger partial charge in [0.1, 0.15) is 15.4 Å². The van der Waals surface area contributed by atoms with Gasteiger partial charge in [0, 0.05) is 6.26 Å². The van der Waals surface area contributed by atoms with Crippen LogP contribution in [0.3, 0.4) is 0 Å². The second-order valence-corrected chi connectivity index (χ2v) is 7.45. The van der Waals surface area contributed by atoms with Crippen molar-refractivity contribution in [3.05, 3.63) is 0 Å². The van der Waals surface area contributed by atoms with E-state index in [9.17, 15) is 13.2 Å². The van der Waals surface area contributed by atoms with Crippen molar-refractivity contribution in [1.29, 1.82) is 0 Å². The first kappa shape index (κ1) is 18.3. The molecular formula is C12H24O6S. The summed E-state index contributed by atoms with van der Waals surface area (Å²) in [5.41, 5.74) is -0.480. The number of rotatable bonds is 9. The molecule has 114 valence electrons. The summed E-state index contributed by atoms with van der Waals surface area (Å²) in [5, 5.41) is 0. The van der Waals surface area contributed by atoms with Crippen molar-refractivity contribution < 1.29 is 27.4 Å². The lowest BCUT2D eigenvalue weighted by atomic mass is 10.2. The maximum Gasteiger partial charge on any atom is 0.308 e. The largest absolute Gasteiger partial charge is 0.460 e. The fourth-order valence-electron chi connectivity index (χ4n) is 1.08. The molecule has 0 aliphatic carbocycles. The Kier molecular flexibility index (Phi) is 8.20. The molecule has 0 amide bonds. The molecule has 7 heteroatoms. The second kappa shape index (κ2) is 8.50.